The normalized spacial score (nSPS) is 10.4. The molecule has 2 N–H and O–H groups in total. The molecule has 1 aromatic heterocycles. The van der Waals surface area contributed by atoms with Crippen molar-refractivity contribution in [2.45, 2.75) is 13.8 Å². The number of hydrogen-bond donors (Lipinski definition) is 1. The minimum Gasteiger partial charge on any atom is -0.497 e. The van der Waals surface area contributed by atoms with E-state index < -0.39 is 0 Å². The molecular formula is C19H18N4O. The van der Waals surface area contributed by atoms with Gasteiger partial charge in [0.15, 0.2) is 0 Å². The van der Waals surface area contributed by atoms with Gasteiger partial charge in [-0.1, -0.05) is 17.7 Å². The van der Waals surface area contributed by atoms with Crippen LogP contribution in [0.25, 0.3) is 16.9 Å². The van der Waals surface area contributed by atoms with Crippen molar-refractivity contribution in [2.24, 2.45) is 0 Å². The summed E-state index contributed by atoms with van der Waals surface area (Å²) in [7, 11) is 1.61. The maximum atomic E-state index is 9.53. The van der Waals surface area contributed by atoms with E-state index in [1.165, 1.54) is 0 Å². The number of nitrogen functional groups attached to an aromatic ring is 1. The lowest BCUT2D eigenvalue weighted by Crippen LogP contribution is -2.04. The quantitative estimate of drug-likeness (QED) is 0.800. The molecule has 0 saturated heterocycles. The Labute approximate surface area is 140 Å². The largest absolute Gasteiger partial charge is 0.497 e. The average molecular weight is 318 g/mol. The minimum atomic E-state index is 0.343. The molecule has 3 aromatic rings. The second-order valence-electron chi connectivity index (χ2n) is 5.65. The summed E-state index contributed by atoms with van der Waals surface area (Å²) in [6.07, 6.45) is 0. The number of hydrogen-bond acceptors (Lipinski definition) is 4. The SMILES string of the molecule is COc1ccc(-c2nn(-c3ccc(C)cc3C)c(N)c2C#N)cc1. The highest BCUT2D eigenvalue weighted by Gasteiger charge is 2.19. The summed E-state index contributed by atoms with van der Waals surface area (Å²) in [5.41, 5.74) is 11.0. The first-order valence-corrected chi connectivity index (χ1v) is 7.55. The van der Waals surface area contributed by atoms with E-state index in [1.807, 2.05) is 50.2 Å². The van der Waals surface area contributed by atoms with E-state index >= 15 is 0 Å². The zero-order valence-electron chi connectivity index (χ0n) is 13.9. The lowest BCUT2D eigenvalue weighted by atomic mass is 10.1. The van der Waals surface area contributed by atoms with Crippen molar-refractivity contribution in [2.75, 3.05) is 12.8 Å². The zero-order valence-corrected chi connectivity index (χ0v) is 13.9. The van der Waals surface area contributed by atoms with Crippen molar-refractivity contribution in [3.8, 4) is 28.8 Å². The third kappa shape index (κ3) is 2.59. The summed E-state index contributed by atoms with van der Waals surface area (Å²) < 4.78 is 6.80. The molecule has 0 bridgehead atoms. The fraction of sp³-hybridized carbons (Fsp3) is 0.158. The second-order valence-corrected chi connectivity index (χ2v) is 5.65. The van der Waals surface area contributed by atoms with E-state index in [2.05, 4.69) is 17.2 Å². The minimum absolute atomic E-state index is 0.343. The summed E-state index contributed by atoms with van der Waals surface area (Å²) in [6, 6.07) is 15.6. The van der Waals surface area contributed by atoms with Crippen LogP contribution in [0, 0.1) is 25.2 Å². The summed E-state index contributed by atoms with van der Waals surface area (Å²) in [4.78, 5) is 0. The zero-order chi connectivity index (χ0) is 17.3. The van der Waals surface area contributed by atoms with Crippen LogP contribution in [0.1, 0.15) is 16.7 Å². The molecule has 0 saturated carbocycles. The highest BCUT2D eigenvalue weighted by atomic mass is 16.5. The number of rotatable bonds is 3. The summed E-state index contributed by atoms with van der Waals surface area (Å²) in [5.74, 6) is 1.09. The highest BCUT2D eigenvalue weighted by molar-refractivity contribution is 5.74. The van der Waals surface area contributed by atoms with E-state index in [9.17, 15) is 5.26 Å². The van der Waals surface area contributed by atoms with Crippen LogP contribution in [0.3, 0.4) is 0 Å². The van der Waals surface area contributed by atoms with Crippen molar-refractivity contribution in [1.82, 2.24) is 9.78 Å². The molecule has 3 rings (SSSR count). The number of nitrogens with zero attached hydrogens (tertiary/aromatic N) is 3. The predicted molar refractivity (Wildman–Crippen MR) is 94.2 cm³/mol. The van der Waals surface area contributed by atoms with E-state index in [-0.39, 0.29) is 0 Å². The molecule has 0 atom stereocenters. The molecule has 5 nitrogen and oxygen atoms in total. The topological polar surface area (TPSA) is 76.9 Å². The van der Waals surface area contributed by atoms with Gasteiger partial charge in [0.05, 0.1) is 12.8 Å². The standard InChI is InChI=1S/C19H18N4O/c1-12-4-9-17(13(2)10-12)23-19(21)16(11-20)18(22-23)14-5-7-15(24-3)8-6-14/h4-10H,21H2,1-3H3. The number of nitriles is 1. The first-order chi connectivity index (χ1) is 11.5. The third-order valence-corrected chi connectivity index (χ3v) is 3.98. The lowest BCUT2D eigenvalue weighted by molar-refractivity contribution is 0.415. The van der Waals surface area contributed by atoms with Gasteiger partial charge in [0.2, 0.25) is 0 Å². The fourth-order valence-corrected chi connectivity index (χ4v) is 2.72. The van der Waals surface area contributed by atoms with Gasteiger partial charge in [0.25, 0.3) is 0 Å². The Hall–Kier alpha value is -3.26. The molecule has 5 heteroatoms. The van der Waals surface area contributed by atoms with Crippen LogP contribution in [0.5, 0.6) is 5.75 Å². The van der Waals surface area contributed by atoms with Crippen molar-refractivity contribution in [1.29, 1.82) is 5.26 Å². The van der Waals surface area contributed by atoms with Crippen LogP contribution in [-0.4, -0.2) is 16.9 Å². The number of nitrogens with two attached hydrogens (primary N) is 1. The summed E-state index contributed by atoms with van der Waals surface area (Å²) >= 11 is 0. The van der Waals surface area contributed by atoms with Gasteiger partial charge in [-0.05, 0) is 49.7 Å². The Morgan fingerprint density at radius 1 is 1.12 bits per heavy atom. The number of aryl methyl sites for hydroxylation is 2. The molecule has 0 fully saturated rings. The maximum absolute atomic E-state index is 9.53. The third-order valence-electron chi connectivity index (χ3n) is 3.98. The van der Waals surface area contributed by atoms with Crippen molar-refractivity contribution in [3.63, 3.8) is 0 Å². The smallest absolute Gasteiger partial charge is 0.145 e. The Morgan fingerprint density at radius 2 is 1.83 bits per heavy atom. The van der Waals surface area contributed by atoms with Gasteiger partial charge in [-0.25, -0.2) is 4.68 Å². The Balaban J connectivity index is 2.17. The molecule has 120 valence electrons. The molecule has 0 aliphatic carbocycles. The number of anilines is 1. The Kier molecular flexibility index (Phi) is 3.97. The molecule has 1 heterocycles. The van der Waals surface area contributed by atoms with Crippen molar-refractivity contribution >= 4 is 5.82 Å². The van der Waals surface area contributed by atoms with Crippen molar-refractivity contribution < 1.29 is 4.74 Å². The first kappa shape index (κ1) is 15.6. The number of benzene rings is 2. The molecule has 0 spiro atoms. The van der Waals surface area contributed by atoms with Crippen LogP contribution in [0.2, 0.25) is 0 Å². The Bertz CT molecular complexity index is 933. The molecule has 0 radical (unpaired) electrons. The van der Waals surface area contributed by atoms with Gasteiger partial charge in [-0.2, -0.15) is 10.4 Å². The van der Waals surface area contributed by atoms with Crippen LogP contribution in [-0.2, 0) is 0 Å². The Morgan fingerprint density at radius 3 is 2.42 bits per heavy atom. The molecular weight excluding hydrogens is 300 g/mol. The van der Waals surface area contributed by atoms with E-state index in [4.69, 9.17) is 10.5 Å². The highest BCUT2D eigenvalue weighted by Crippen LogP contribution is 2.30. The maximum Gasteiger partial charge on any atom is 0.145 e. The predicted octanol–water partition coefficient (Wildman–Crippen LogP) is 3.62. The average Bonchev–Trinajstić information content (AvgIpc) is 2.91. The van der Waals surface area contributed by atoms with Crippen LogP contribution in [0.15, 0.2) is 42.5 Å². The van der Waals surface area contributed by atoms with Crippen molar-refractivity contribution in [3.05, 3.63) is 59.2 Å². The van der Waals surface area contributed by atoms with Crippen LogP contribution in [0.4, 0.5) is 5.82 Å². The van der Waals surface area contributed by atoms with Gasteiger partial charge >= 0.3 is 0 Å². The molecule has 0 aliphatic heterocycles. The number of ether oxygens (including phenoxy) is 1. The van der Waals surface area contributed by atoms with Gasteiger partial charge in [-0.3, -0.25) is 0 Å². The van der Waals surface area contributed by atoms with E-state index in [0.29, 0.717) is 17.1 Å². The number of aromatic nitrogens is 2. The molecule has 0 aliphatic rings. The molecule has 0 unspecified atom stereocenters. The van der Waals surface area contributed by atoms with Crippen LogP contribution >= 0.6 is 0 Å². The monoisotopic (exact) mass is 318 g/mol. The summed E-state index contributed by atoms with van der Waals surface area (Å²) in [6.45, 7) is 4.04. The fourth-order valence-electron chi connectivity index (χ4n) is 2.72. The van der Waals surface area contributed by atoms with Crippen LogP contribution < -0.4 is 10.5 Å². The first-order valence-electron chi connectivity index (χ1n) is 7.55. The number of methoxy groups -OCH3 is 1. The molecule has 24 heavy (non-hydrogen) atoms. The van der Waals surface area contributed by atoms with Gasteiger partial charge in [0.1, 0.15) is 28.9 Å². The van der Waals surface area contributed by atoms with Gasteiger partial charge < -0.3 is 10.5 Å². The van der Waals surface area contributed by atoms with E-state index in [0.717, 1.165) is 28.1 Å². The second kappa shape index (κ2) is 6.09. The summed E-state index contributed by atoms with van der Waals surface area (Å²) in [5, 5.41) is 14.1. The van der Waals surface area contributed by atoms with E-state index in [1.54, 1.807) is 11.8 Å². The molecule has 0 amide bonds. The van der Waals surface area contributed by atoms with Gasteiger partial charge in [-0.15, -0.1) is 0 Å². The lowest BCUT2D eigenvalue weighted by Gasteiger charge is -2.08. The van der Waals surface area contributed by atoms with Gasteiger partial charge in [0, 0.05) is 5.56 Å². The molecule has 2 aromatic carbocycles.